The van der Waals surface area contributed by atoms with Gasteiger partial charge in [0.1, 0.15) is 5.75 Å². The lowest BCUT2D eigenvalue weighted by atomic mass is 9.91. The smallest absolute Gasteiger partial charge is 0.237 e. The second kappa shape index (κ2) is 7.19. The van der Waals surface area contributed by atoms with Gasteiger partial charge in [-0.1, -0.05) is 0 Å². The van der Waals surface area contributed by atoms with Crippen molar-refractivity contribution >= 4 is 11.6 Å². The van der Waals surface area contributed by atoms with Crippen LogP contribution in [0, 0.1) is 5.92 Å². The second-order valence-corrected chi connectivity index (χ2v) is 5.65. The molecule has 6 nitrogen and oxygen atoms in total. The molecule has 0 spiro atoms. The van der Waals surface area contributed by atoms with Gasteiger partial charge >= 0.3 is 0 Å². The quantitative estimate of drug-likeness (QED) is 0.907. The fourth-order valence-electron chi connectivity index (χ4n) is 2.70. The highest BCUT2D eigenvalue weighted by Gasteiger charge is 2.27. The monoisotopic (exact) mass is 312 g/mol. The molecule has 1 aromatic carbocycles. The third-order valence-corrected chi connectivity index (χ3v) is 3.98. The van der Waals surface area contributed by atoms with E-state index in [1.807, 2.05) is 12.1 Å². The van der Waals surface area contributed by atoms with Crippen LogP contribution < -0.4 is 15.4 Å². The maximum Gasteiger partial charge on any atom is 0.237 e. The molecule has 1 fully saturated rings. The van der Waals surface area contributed by atoms with Gasteiger partial charge in [0, 0.05) is 24.1 Å². The van der Waals surface area contributed by atoms with Crippen molar-refractivity contribution in [2.45, 2.75) is 25.8 Å². The van der Waals surface area contributed by atoms with Gasteiger partial charge in [0.25, 0.3) is 0 Å². The number of piperidine rings is 1. The number of hydrogen-bond acceptors (Lipinski definition) is 5. The van der Waals surface area contributed by atoms with Gasteiger partial charge < -0.3 is 15.4 Å². The predicted molar refractivity (Wildman–Crippen MR) is 87.4 cm³/mol. The molecular weight excluding hydrogens is 292 g/mol. The Labute approximate surface area is 135 Å². The van der Waals surface area contributed by atoms with Gasteiger partial charge in [0.2, 0.25) is 11.8 Å². The molecule has 1 aliphatic heterocycles. The molecule has 0 bridgehead atoms. The highest BCUT2D eigenvalue weighted by Crippen LogP contribution is 2.22. The molecule has 2 unspecified atom stereocenters. The molecule has 2 aromatic rings. The first-order chi connectivity index (χ1) is 11.2. The van der Waals surface area contributed by atoms with Crippen molar-refractivity contribution in [3.63, 3.8) is 0 Å². The molecule has 1 amide bonds. The Morgan fingerprint density at radius 2 is 2.13 bits per heavy atom. The average Bonchev–Trinajstić information content (AvgIpc) is 2.58. The van der Waals surface area contributed by atoms with E-state index < -0.39 is 0 Å². The summed E-state index contributed by atoms with van der Waals surface area (Å²) in [7, 11) is 0. The summed E-state index contributed by atoms with van der Waals surface area (Å²) < 4.78 is 5.58. The van der Waals surface area contributed by atoms with E-state index in [-0.39, 0.29) is 17.9 Å². The molecule has 6 heteroatoms. The van der Waals surface area contributed by atoms with Crippen molar-refractivity contribution in [2.75, 3.05) is 11.9 Å². The fourth-order valence-corrected chi connectivity index (χ4v) is 2.70. The zero-order chi connectivity index (χ0) is 16.1. The molecule has 3 rings (SSSR count). The van der Waals surface area contributed by atoms with Crippen molar-refractivity contribution in [1.82, 2.24) is 15.3 Å². The van der Waals surface area contributed by atoms with E-state index in [4.69, 9.17) is 4.74 Å². The number of amides is 1. The standard InChI is InChI=1S/C17H20N4O2/c1-12-15(3-2-8-19-12)17(22)21-13-4-6-14(7-5-13)23-16-11-18-9-10-20-16/h4-7,9-12,15,19H,2-3,8H2,1H3,(H,21,22). The predicted octanol–water partition coefficient (Wildman–Crippen LogP) is 2.60. The van der Waals surface area contributed by atoms with Crippen LogP contribution in [0.15, 0.2) is 42.9 Å². The first-order valence-corrected chi connectivity index (χ1v) is 7.80. The highest BCUT2D eigenvalue weighted by atomic mass is 16.5. The van der Waals surface area contributed by atoms with Crippen molar-refractivity contribution in [3.05, 3.63) is 42.9 Å². The summed E-state index contributed by atoms with van der Waals surface area (Å²) in [5.41, 5.74) is 0.763. The van der Waals surface area contributed by atoms with Gasteiger partial charge in [0.05, 0.1) is 12.1 Å². The van der Waals surface area contributed by atoms with E-state index in [0.29, 0.717) is 11.6 Å². The number of nitrogens with zero attached hydrogens (tertiary/aromatic N) is 2. The van der Waals surface area contributed by atoms with Crippen molar-refractivity contribution in [2.24, 2.45) is 5.92 Å². The third kappa shape index (κ3) is 4.04. The minimum atomic E-state index is 0.0132. The zero-order valence-corrected chi connectivity index (χ0v) is 13.0. The Kier molecular flexibility index (Phi) is 4.83. The van der Waals surface area contributed by atoms with Crippen LogP contribution in [0.25, 0.3) is 0 Å². The summed E-state index contributed by atoms with van der Waals surface area (Å²) in [5.74, 6) is 1.16. The lowest BCUT2D eigenvalue weighted by Crippen LogP contribution is -2.44. The van der Waals surface area contributed by atoms with Gasteiger partial charge in [-0.05, 0) is 50.6 Å². The Morgan fingerprint density at radius 1 is 1.30 bits per heavy atom. The van der Waals surface area contributed by atoms with E-state index in [1.165, 1.54) is 0 Å². The molecule has 0 aliphatic carbocycles. The largest absolute Gasteiger partial charge is 0.438 e. The summed E-state index contributed by atoms with van der Waals surface area (Å²) >= 11 is 0. The van der Waals surface area contributed by atoms with Crippen LogP contribution in [0.3, 0.4) is 0 Å². The first kappa shape index (κ1) is 15.4. The molecule has 1 aromatic heterocycles. The number of nitrogens with one attached hydrogen (secondary N) is 2. The normalized spacial score (nSPS) is 20.7. The van der Waals surface area contributed by atoms with Crippen molar-refractivity contribution < 1.29 is 9.53 Å². The maximum atomic E-state index is 12.4. The van der Waals surface area contributed by atoms with E-state index in [0.717, 1.165) is 25.1 Å². The number of aromatic nitrogens is 2. The fraction of sp³-hybridized carbons (Fsp3) is 0.353. The summed E-state index contributed by atoms with van der Waals surface area (Å²) in [6.07, 6.45) is 6.67. The molecule has 1 aliphatic rings. The number of carbonyl (C=O) groups excluding carboxylic acids is 1. The molecule has 1 saturated heterocycles. The minimum absolute atomic E-state index is 0.0132. The van der Waals surface area contributed by atoms with Crippen LogP contribution in [-0.4, -0.2) is 28.5 Å². The topological polar surface area (TPSA) is 76.1 Å². The van der Waals surface area contributed by atoms with Gasteiger partial charge in [0.15, 0.2) is 0 Å². The second-order valence-electron chi connectivity index (χ2n) is 5.65. The first-order valence-electron chi connectivity index (χ1n) is 7.80. The number of ether oxygens (including phenoxy) is 1. The van der Waals surface area contributed by atoms with Crippen LogP contribution >= 0.6 is 0 Å². The Hall–Kier alpha value is -2.47. The zero-order valence-electron chi connectivity index (χ0n) is 13.0. The van der Waals surface area contributed by atoms with Crippen LogP contribution in [0.2, 0.25) is 0 Å². The summed E-state index contributed by atoms with van der Waals surface area (Å²) in [6, 6.07) is 7.46. The number of rotatable bonds is 4. The number of benzene rings is 1. The third-order valence-electron chi connectivity index (χ3n) is 3.98. The van der Waals surface area contributed by atoms with Crippen LogP contribution in [0.4, 0.5) is 5.69 Å². The lowest BCUT2D eigenvalue weighted by Gasteiger charge is -2.28. The number of carbonyl (C=O) groups is 1. The molecular formula is C17H20N4O2. The van der Waals surface area contributed by atoms with Gasteiger partial charge in [-0.2, -0.15) is 0 Å². The van der Waals surface area contributed by atoms with Crippen LogP contribution in [0.5, 0.6) is 11.6 Å². The van der Waals surface area contributed by atoms with E-state index >= 15 is 0 Å². The summed E-state index contributed by atoms with van der Waals surface area (Å²) in [6.45, 7) is 3.04. The molecule has 0 saturated carbocycles. The summed E-state index contributed by atoms with van der Waals surface area (Å²) in [4.78, 5) is 20.4. The maximum absolute atomic E-state index is 12.4. The van der Waals surface area contributed by atoms with Crippen molar-refractivity contribution in [3.8, 4) is 11.6 Å². The van der Waals surface area contributed by atoms with E-state index in [1.54, 1.807) is 30.7 Å². The average molecular weight is 312 g/mol. The molecule has 120 valence electrons. The van der Waals surface area contributed by atoms with E-state index in [2.05, 4.69) is 27.5 Å². The van der Waals surface area contributed by atoms with Gasteiger partial charge in [-0.3, -0.25) is 9.78 Å². The number of hydrogen-bond donors (Lipinski definition) is 2. The lowest BCUT2D eigenvalue weighted by molar-refractivity contribution is -0.121. The highest BCUT2D eigenvalue weighted by molar-refractivity contribution is 5.93. The summed E-state index contributed by atoms with van der Waals surface area (Å²) in [5, 5.41) is 6.31. The minimum Gasteiger partial charge on any atom is -0.438 e. The van der Waals surface area contributed by atoms with Crippen LogP contribution in [-0.2, 0) is 4.79 Å². The Bertz CT molecular complexity index is 645. The number of anilines is 1. The van der Waals surface area contributed by atoms with Crippen molar-refractivity contribution in [1.29, 1.82) is 0 Å². The van der Waals surface area contributed by atoms with Gasteiger partial charge in [-0.25, -0.2) is 4.98 Å². The van der Waals surface area contributed by atoms with E-state index in [9.17, 15) is 4.79 Å². The van der Waals surface area contributed by atoms with Crippen LogP contribution in [0.1, 0.15) is 19.8 Å². The molecule has 0 radical (unpaired) electrons. The molecule has 2 atom stereocenters. The Balaban J connectivity index is 1.60. The molecule has 2 heterocycles. The molecule has 23 heavy (non-hydrogen) atoms. The molecule has 2 N–H and O–H groups in total. The van der Waals surface area contributed by atoms with Gasteiger partial charge in [-0.15, -0.1) is 0 Å². The Morgan fingerprint density at radius 3 is 2.83 bits per heavy atom. The SMILES string of the molecule is CC1NCCCC1C(=O)Nc1ccc(Oc2cnccn2)cc1.